The Morgan fingerprint density at radius 3 is 1.30 bits per heavy atom. The molecule has 7 nitrogen and oxygen atoms in total. The van der Waals surface area contributed by atoms with Gasteiger partial charge in [0.15, 0.2) is 17.5 Å². The van der Waals surface area contributed by atoms with Crippen LogP contribution in [0.5, 0.6) is 0 Å². The van der Waals surface area contributed by atoms with Crippen LogP contribution in [0.3, 0.4) is 0 Å². The fourth-order valence-corrected chi connectivity index (χ4v) is 8.75. The maximum absolute atomic E-state index is 15.1. The highest BCUT2D eigenvalue weighted by Gasteiger charge is 2.32. The number of rotatable bonds is 6. The Morgan fingerprint density at radius 2 is 0.812 bits per heavy atom. The fourth-order valence-electron chi connectivity index (χ4n) is 8.75. The third-order valence-corrected chi connectivity index (χ3v) is 11.7. The molecule has 0 bridgehead atoms. The average Bonchev–Trinajstić information content (AvgIpc) is 3.85. The molecule has 0 spiro atoms. The summed E-state index contributed by atoms with van der Waals surface area (Å²) >= 11 is 0. The summed E-state index contributed by atoms with van der Waals surface area (Å²) in [5, 5.41) is 23.1. The third kappa shape index (κ3) is 6.32. The van der Waals surface area contributed by atoms with Crippen molar-refractivity contribution < 1.29 is 13.2 Å². The summed E-state index contributed by atoms with van der Waals surface area (Å²) in [4.78, 5) is 14.9. The van der Waals surface area contributed by atoms with E-state index >= 15 is 13.2 Å². The number of alkyl halides is 3. The lowest BCUT2D eigenvalue weighted by molar-refractivity contribution is -0.137. The minimum Gasteiger partial charge on any atom is -0.309 e. The molecular weight excluding hydrogens is 804 g/mol. The Kier molecular flexibility index (Phi) is 8.89. The molecule has 302 valence electrons. The topological polar surface area (TPSA) is 96.1 Å². The van der Waals surface area contributed by atoms with E-state index in [4.69, 9.17) is 15.0 Å². The number of hydrogen-bond acceptors (Lipinski definition) is 5. The van der Waals surface area contributed by atoms with Crippen molar-refractivity contribution in [3.05, 3.63) is 199 Å². The molecule has 0 saturated carbocycles. The summed E-state index contributed by atoms with van der Waals surface area (Å²) in [6.45, 7) is 0. The highest BCUT2D eigenvalue weighted by Crippen LogP contribution is 2.44. The van der Waals surface area contributed by atoms with Crippen LogP contribution < -0.4 is 0 Å². The molecular formula is C54H30F3N7. The molecule has 0 N–H and O–H groups in total. The van der Waals surface area contributed by atoms with Gasteiger partial charge in [0, 0.05) is 49.4 Å². The Labute approximate surface area is 363 Å². The Hall–Kier alpha value is -8.86. The molecule has 3 heterocycles. The minimum atomic E-state index is -4.68. The zero-order chi connectivity index (χ0) is 43.5. The van der Waals surface area contributed by atoms with Crippen LogP contribution in [0.4, 0.5) is 13.2 Å². The van der Waals surface area contributed by atoms with E-state index in [1.807, 2.05) is 161 Å². The van der Waals surface area contributed by atoms with Crippen molar-refractivity contribution in [2.75, 3.05) is 0 Å². The lowest BCUT2D eigenvalue weighted by Gasteiger charge is -2.21. The van der Waals surface area contributed by atoms with Gasteiger partial charge < -0.3 is 9.13 Å². The second-order valence-corrected chi connectivity index (χ2v) is 15.4. The van der Waals surface area contributed by atoms with Crippen molar-refractivity contribution >= 4 is 43.6 Å². The van der Waals surface area contributed by atoms with Gasteiger partial charge in [-0.3, -0.25) is 0 Å². The zero-order valence-corrected chi connectivity index (χ0v) is 33.6. The van der Waals surface area contributed by atoms with E-state index in [1.54, 1.807) is 12.1 Å². The summed E-state index contributed by atoms with van der Waals surface area (Å²) in [6, 6.07) is 59.4. The molecule has 8 aromatic carbocycles. The highest BCUT2D eigenvalue weighted by atomic mass is 19.4. The summed E-state index contributed by atoms with van der Waals surface area (Å²) in [5.41, 5.74) is 7.09. The van der Waals surface area contributed by atoms with Gasteiger partial charge in [0.2, 0.25) is 0 Å². The van der Waals surface area contributed by atoms with Crippen molar-refractivity contribution in [3.63, 3.8) is 0 Å². The number of para-hydroxylation sites is 2. The van der Waals surface area contributed by atoms with Gasteiger partial charge in [-0.05, 0) is 84.9 Å². The largest absolute Gasteiger partial charge is 0.416 e. The average molecular weight is 834 g/mol. The van der Waals surface area contributed by atoms with Crippen LogP contribution in [0, 0.1) is 22.7 Å². The number of aromatic nitrogens is 5. The van der Waals surface area contributed by atoms with Gasteiger partial charge in [-0.15, -0.1) is 0 Å². The quantitative estimate of drug-likeness (QED) is 0.166. The number of fused-ring (bicyclic) bond motifs is 6. The van der Waals surface area contributed by atoms with E-state index in [2.05, 4.69) is 12.1 Å². The molecule has 10 heteroatoms. The number of nitrogens with zero attached hydrogens (tertiary/aromatic N) is 7. The standard InChI is InChI=1S/C54H30F3N7/c55-54(56,57)38-22-26-50(64-46-18-10-8-16-40(46)42-28-34(32-59)20-24-48(42)64)44(30-38)43-29-37(53-61-51(35-11-3-1-4-12-35)60-52(62-53)36-13-5-2-6-14-36)21-25-49(43)63-45-17-9-7-15-39(45)41-27-33(31-58)19-23-47(41)63/h1-30H. The molecule has 0 saturated heterocycles. The molecule has 0 atom stereocenters. The van der Waals surface area contributed by atoms with Crippen molar-refractivity contribution in [1.82, 2.24) is 24.1 Å². The van der Waals surface area contributed by atoms with Crippen LogP contribution in [-0.4, -0.2) is 24.1 Å². The summed E-state index contributed by atoms with van der Waals surface area (Å²) in [5.74, 6) is 1.20. The van der Waals surface area contributed by atoms with Gasteiger partial charge in [-0.25, -0.2) is 15.0 Å². The predicted octanol–water partition coefficient (Wildman–Crippen LogP) is 13.5. The summed E-state index contributed by atoms with van der Waals surface area (Å²) < 4.78 is 49.2. The first kappa shape index (κ1) is 38.1. The summed E-state index contributed by atoms with van der Waals surface area (Å²) in [7, 11) is 0. The van der Waals surface area contributed by atoms with E-state index in [1.165, 1.54) is 12.1 Å². The Bertz CT molecular complexity index is 3690. The summed E-state index contributed by atoms with van der Waals surface area (Å²) in [6.07, 6.45) is -4.68. The van der Waals surface area contributed by atoms with Crippen LogP contribution in [0.1, 0.15) is 16.7 Å². The lowest BCUT2D eigenvalue weighted by atomic mass is 9.96. The van der Waals surface area contributed by atoms with Gasteiger partial charge in [0.05, 0.1) is 62.3 Å². The van der Waals surface area contributed by atoms with Crippen LogP contribution in [0.15, 0.2) is 182 Å². The smallest absolute Gasteiger partial charge is 0.309 e. The maximum Gasteiger partial charge on any atom is 0.416 e. The van der Waals surface area contributed by atoms with Gasteiger partial charge in [0.1, 0.15) is 0 Å². The third-order valence-electron chi connectivity index (χ3n) is 11.7. The van der Waals surface area contributed by atoms with Gasteiger partial charge >= 0.3 is 6.18 Å². The number of benzene rings is 8. The van der Waals surface area contributed by atoms with Crippen molar-refractivity contribution in [3.8, 4) is 68.8 Å². The fraction of sp³-hybridized carbons (Fsp3) is 0.0185. The second-order valence-electron chi connectivity index (χ2n) is 15.4. The first-order valence-corrected chi connectivity index (χ1v) is 20.4. The highest BCUT2D eigenvalue weighted by molar-refractivity contribution is 6.12. The second kappa shape index (κ2) is 14.9. The molecule has 0 aliphatic carbocycles. The van der Waals surface area contributed by atoms with Crippen molar-refractivity contribution in [2.24, 2.45) is 0 Å². The normalized spacial score (nSPS) is 11.6. The van der Waals surface area contributed by atoms with Gasteiger partial charge in [-0.2, -0.15) is 23.7 Å². The molecule has 11 aromatic rings. The molecule has 64 heavy (non-hydrogen) atoms. The van der Waals surface area contributed by atoms with Crippen LogP contribution in [0.2, 0.25) is 0 Å². The van der Waals surface area contributed by atoms with Gasteiger partial charge in [-0.1, -0.05) is 97.1 Å². The monoisotopic (exact) mass is 833 g/mol. The number of halogens is 3. The minimum absolute atomic E-state index is 0.291. The van der Waals surface area contributed by atoms with E-state index in [0.29, 0.717) is 56.7 Å². The van der Waals surface area contributed by atoms with Crippen molar-refractivity contribution in [1.29, 1.82) is 10.5 Å². The first-order chi connectivity index (χ1) is 31.3. The predicted molar refractivity (Wildman–Crippen MR) is 245 cm³/mol. The maximum atomic E-state index is 15.1. The van der Waals surface area contributed by atoms with E-state index in [-0.39, 0.29) is 0 Å². The zero-order valence-electron chi connectivity index (χ0n) is 33.6. The molecule has 11 rings (SSSR count). The Morgan fingerprint density at radius 1 is 0.391 bits per heavy atom. The molecule has 0 amide bonds. The first-order valence-electron chi connectivity index (χ1n) is 20.4. The van der Waals surface area contributed by atoms with E-state index in [9.17, 15) is 10.5 Å². The van der Waals surface area contributed by atoms with Crippen LogP contribution >= 0.6 is 0 Å². The molecule has 0 unspecified atom stereocenters. The lowest BCUT2D eigenvalue weighted by Crippen LogP contribution is -2.08. The number of hydrogen-bond donors (Lipinski definition) is 0. The van der Waals surface area contributed by atoms with Crippen molar-refractivity contribution in [2.45, 2.75) is 6.18 Å². The molecule has 0 aliphatic rings. The van der Waals surface area contributed by atoms with E-state index in [0.717, 1.165) is 60.8 Å². The SMILES string of the molecule is N#Cc1ccc2c(c1)c1ccccc1n2-c1ccc(-c2nc(-c3ccccc3)nc(-c3ccccc3)n2)cc1-c1cc(C(F)(F)F)ccc1-n1c2ccccc2c2cc(C#N)ccc21. The molecule has 0 aliphatic heterocycles. The van der Waals surface area contributed by atoms with Crippen LogP contribution in [0.25, 0.3) is 100 Å². The molecule has 3 aromatic heterocycles. The molecule has 0 fully saturated rings. The van der Waals surface area contributed by atoms with Gasteiger partial charge in [0.25, 0.3) is 0 Å². The van der Waals surface area contributed by atoms with Crippen LogP contribution in [-0.2, 0) is 6.18 Å². The number of nitriles is 2. The molecule has 0 radical (unpaired) electrons. The van der Waals surface area contributed by atoms with E-state index < -0.39 is 11.7 Å². The Balaban J connectivity index is 1.27.